The highest BCUT2D eigenvalue weighted by molar-refractivity contribution is 5.81. The molecule has 0 aromatic rings. The maximum Gasteiger partial charge on any atom is 0.330 e. The number of carbonyl (C=O) groups excluding carboxylic acids is 1. The van der Waals surface area contributed by atoms with Gasteiger partial charge in [-0.15, -0.1) is 0 Å². The normalized spacial score (nSPS) is 29.4. The Labute approximate surface area is 73.6 Å². The van der Waals surface area contributed by atoms with Crippen LogP contribution in [0.15, 0.2) is 12.7 Å². The second kappa shape index (κ2) is 4.29. The van der Waals surface area contributed by atoms with Crippen LogP contribution in [0, 0.1) is 5.92 Å². The molecule has 0 heterocycles. The van der Waals surface area contributed by atoms with Crippen molar-refractivity contribution in [2.45, 2.75) is 38.7 Å². The van der Waals surface area contributed by atoms with Crippen LogP contribution in [0.1, 0.15) is 32.6 Å². The minimum absolute atomic E-state index is 0.129. The first-order valence-electron chi connectivity index (χ1n) is 4.57. The Morgan fingerprint density at radius 2 is 2.17 bits per heavy atom. The Bertz CT molecular complexity index is 175. The van der Waals surface area contributed by atoms with E-state index >= 15 is 0 Å². The molecule has 0 N–H and O–H groups in total. The van der Waals surface area contributed by atoms with Gasteiger partial charge in [0.15, 0.2) is 0 Å². The van der Waals surface area contributed by atoms with Crippen molar-refractivity contribution in [3.05, 3.63) is 12.7 Å². The number of esters is 1. The number of carbonyl (C=O) groups is 1. The summed E-state index contributed by atoms with van der Waals surface area (Å²) in [6.07, 6.45) is 6.00. The largest absolute Gasteiger partial charge is 0.459 e. The number of hydrogen-bond donors (Lipinski definition) is 0. The highest BCUT2D eigenvalue weighted by atomic mass is 16.5. The first-order valence-corrected chi connectivity index (χ1v) is 4.57. The third kappa shape index (κ3) is 2.36. The van der Waals surface area contributed by atoms with Gasteiger partial charge in [0.25, 0.3) is 0 Å². The van der Waals surface area contributed by atoms with Crippen LogP contribution in [0.25, 0.3) is 0 Å². The average molecular weight is 168 g/mol. The zero-order chi connectivity index (χ0) is 8.97. The van der Waals surface area contributed by atoms with E-state index in [1.54, 1.807) is 0 Å². The topological polar surface area (TPSA) is 26.3 Å². The summed E-state index contributed by atoms with van der Waals surface area (Å²) >= 11 is 0. The van der Waals surface area contributed by atoms with E-state index in [0.717, 1.165) is 6.42 Å². The van der Waals surface area contributed by atoms with E-state index in [-0.39, 0.29) is 12.1 Å². The highest BCUT2D eigenvalue weighted by Gasteiger charge is 2.23. The molecule has 12 heavy (non-hydrogen) atoms. The SMILES string of the molecule is C=CC(=O)O[C@H]1CCCC[C@@H]1C. The van der Waals surface area contributed by atoms with Crippen molar-refractivity contribution < 1.29 is 9.53 Å². The van der Waals surface area contributed by atoms with Gasteiger partial charge in [-0.3, -0.25) is 0 Å². The summed E-state index contributed by atoms with van der Waals surface area (Å²) in [5.74, 6) is 0.233. The summed E-state index contributed by atoms with van der Waals surface area (Å²) in [7, 11) is 0. The Morgan fingerprint density at radius 3 is 2.75 bits per heavy atom. The Balaban J connectivity index is 2.38. The van der Waals surface area contributed by atoms with Gasteiger partial charge in [-0.25, -0.2) is 4.79 Å². The molecule has 0 bridgehead atoms. The minimum atomic E-state index is -0.284. The molecule has 1 saturated carbocycles. The molecule has 0 unspecified atom stereocenters. The lowest BCUT2D eigenvalue weighted by Gasteiger charge is -2.27. The molecular formula is C10H16O2. The van der Waals surface area contributed by atoms with Crippen LogP contribution in [0.4, 0.5) is 0 Å². The molecule has 0 radical (unpaired) electrons. The van der Waals surface area contributed by atoms with Crippen molar-refractivity contribution in [1.82, 2.24) is 0 Å². The van der Waals surface area contributed by atoms with Crippen LogP contribution in [-0.2, 0) is 9.53 Å². The summed E-state index contributed by atoms with van der Waals surface area (Å²) < 4.78 is 5.20. The fourth-order valence-electron chi connectivity index (χ4n) is 1.65. The molecule has 0 aromatic heterocycles. The molecule has 68 valence electrons. The summed E-state index contributed by atoms with van der Waals surface area (Å²) in [4.78, 5) is 10.9. The average Bonchev–Trinajstić information content (AvgIpc) is 2.09. The van der Waals surface area contributed by atoms with Crippen molar-refractivity contribution >= 4 is 5.97 Å². The highest BCUT2D eigenvalue weighted by Crippen LogP contribution is 2.26. The second-order valence-corrected chi connectivity index (χ2v) is 3.44. The zero-order valence-electron chi connectivity index (χ0n) is 7.58. The van der Waals surface area contributed by atoms with E-state index in [1.165, 1.54) is 25.3 Å². The summed E-state index contributed by atoms with van der Waals surface area (Å²) in [5.41, 5.74) is 0. The molecule has 1 aliphatic carbocycles. The fraction of sp³-hybridized carbons (Fsp3) is 0.700. The second-order valence-electron chi connectivity index (χ2n) is 3.44. The molecular weight excluding hydrogens is 152 g/mol. The number of hydrogen-bond acceptors (Lipinski definition) is 2. The monoisotopic (exact) mass is 168 g/mol. The van der Waals surface area contributed by atoms with Gasteiger partial charge in [-0.05, 0) is 25.2 Å². The minimum Gasteiger partial charge on any atom is -0.459 e. The van der Waals surface area contributed by atoms with E-state index in [1.807, 2.05) is 0 Å². The lowest BCUT2D eigenvalue weighted by molar-refractivity contribution is -0.147. The van der Waals surface area contributed by atoms with Crippen LogP contribution >= 0.6 is 0 Å². The number of rotatable bonds is 2. The molecule has 1 aliphatic rings. The fourth-order valence-corrected chi connectivity index (χ4v) is 1.65. The van der Waals surface area contributed by atoms with Crippen LogP contribution < -0.4 is 0 Å². The van der Waals surface area contributed by atoms with Gasteiger partial charge in [-0.2, -0.15) is 0 Å². The van der Waals surface area contributed by atoms with Gasteiger partial charge in [0.05, 0.1) is 0 Å². The lowest BCUT2D eigenvalue weighted by atomic mass is 9.88. The molecule has 0 spiro atoms. The summed E-state index contributed by atoms with van der Waals surface area (Å²) in [6, 6.07) is 0. The van der Waals surface area contributed by atoms with Gasteiger partial charge >= 0.3 is 5.97 Å². The maximum absolute atomic E-state index is 10.9. The van der Waals surface area contributed by atoms with E-state index in [0.29, 0.717) is 5.92 Å². The maximum atomic E-state index is 10.9. The van der Waals surface area contributed by atoms with Gasteiger partial charge < -0.3 is 4.74 Å². The molecule has 0 saturated heterocycles. The van der Waals surface area contributed by atoms with Crippen molar-refractivity contribution in [3.63, 3.8) is 0 Å². The van der Waals surface area contributed by atoms with Crippen molar-refractivity contribution in [2.24, 2.45) is 5.92 Å². The quantitative estimate of drug-likeness (QED) is 0.467. The summed E-state index contributed by atoms with van der Waals surface area (Å²) in [6.45, 7) is 5.52. The molecule has 0 aliphatic heterocycles. The van der Waals surface area contributed by atoms with Crippen molar-refractivity contribution in [3.8, 4) is 0 Å². The molecule has 2 heteroatoms. The van der Waals surface area contributed by atoms with E-state index in [4.69, 9.17) is 4.74 Å². The Morgan fingerprint density at radius 1 is 1.50 bits per heavy atom. The molecule has 0 aromatic carbocycles. The van der Waals surface area contributed by atoms with E-state index < -0.39 is 0 Å². The van der Waals surface area contributed by atoms with Crippen molar-refractivity contribution in [1.29, 1.82) is 0 Å². The Kier molecular flexibility index (Phi) is 3.32. The van der Waals surface area contributed by atoms with Crippen LogP contribution in [0.2, 0.25) is 0 Å². The van der Waals surface area contributed by atoms with Crippen LogP contribution in [-0.4, -0.2) is 12.1 Å². The van der Waals surface area contributed by atoms with Gasteiger partial charge in [-0.1, -0.05) is 19.9 Å². The molecule has 0 amide bonds. The van der Waals surface area contributed by atoms with Crippen LogP contribution in [0.3, 0.4) is 0 Å². The molecule has 1 fully saturated rings. The van der Waals surface area contributed by atoms with Gasteiger partial charge in [0.2, 0.25) is 0 Å². The zero-order valence-corrected chi connectivity index (χ0v) is 7.58. The predicted octanol–water partition coefficient (Wildman–Crippen LogP) is 2.29. The van der Waals surface area contributed by atoms with Gasteiger partial charge in [0.1, 0.15) is 6.10 Å². The smallest absolute Gasteiger partial charge is 0.330 e. The third-order valence-corrected chi connectivity index (χ3v) is 2.47. The first kappa shape index (κ1) is 9.30. The van der Waals surface area contributed by atoms with Crippen LogP contribution in [0.5, 0.6) is 0 Å². The first-order chi connectivity index (χ1) is 5.74. The van der Waals surface area contributed by atoms with E-state index in [9.17, 15) is 4.79 Å². The number of ether oxygens (including phenoxy) is 1. The standard InChI is InChI=1S/C10H16O2/c1-3-10(11)12-9-7-5-4-6-8(9)2/h3,8-9H,1,4-7H2,2H3/t8-,9-/m0/s1. The predicted molar refractivity (Wildman–Crippen MR) is 47.7 cm³/mol. The Hall–Kier alpha value is -0.790. The van der Waals surface area contributed by atoms with Crippen molar-refractivity contribution in [2.75, 3.05) is 0 Å². The molecule has 2 atom stereocenters. The van der Waals surface area contributed by atoms with Gasteiger partial charge in [0, 0.05) is 6.08 Å². The third-order valence-electron chi connectivity index (χ3n) is 2.47. The molecule has 2 nitrogen and oxygen atoms in total. The molecule has 1 rings (SSSR count). The van der Waals surface area contributed by atoms with E-state index in [2.05, 4.69) is 13.5 Å². The summed E-state index contributed by atoms with van der Waals surface area (Å²) in [5, 5.41) is 0. The lowest BCUT2D eigenvalue weighted by Crippen LogP contribution is -2.27.